The highest BCUT2D eigenvalue weighted by Gasteiger charge is 2.14. The first-order valence-corrected chi connectivity index (χ1v) is 6.94. The van der Waals surface area contributed by atoms with Gasteiger partial charge in [0.25, 0.3) is 0 Å². The lowest BCUT2D eigenvalue weighted by Gasteiger charge is -2.07. The van der Waals surface area contributed by atoms with Crippen molar-refractivity contribution in [1.29, 1.82) is 0 Å². The van der Waals surface area contributed by atoms with Crippen molar-refractivity contribution in [1.82, 2.24) is 9.97 Å². The number of aryl methyl sites for hydroxylation is 1. The van der Waals surface area contributed by atoms with Crippen LogP contribution in [0.25, 0.3) is 10.7 Å². The zero-order chi connectivity index (χ0) is 12.4. The van der Waals surface area contributed by atoms with Gasteiger partial charge in [0.15, 0.2) is 5.82 Å². The summed E-state index contributed by atoms with van der Waals surface area (Å²) in [6.45, 7) is 2.43. The fourth-order valence-corrected chi connectivity index (χ4v) is 2.74. The summed E-state index contributed by atoms with van der Waals surface area (Å²) < 4.78 is 5.78. The molecule has 0 atom stereocenters. The van der Waals surface area contributed by atoms with E-state index in [1.807, 2.05) is 18.4 Å². The Morgan fingerprint density at radius 3 is 2.82 bits per heavy atom. The Morgan fingerprint density at radius 2 is 2.24 bits per heavy atom. The molecule has 0 saturated heterocycles. The quantitative estimate of drug-likeness (QED) is 0.794. The predicted molar refractivity (Wildman–Crippen MR) is 73.5 cm³/mol. The molecule has 17 heavy (non-hydrogen) atoms. The summed E-state index contributed by atoms with van der Waals surface area (Å²) in [5.74, 6) is 0.651. The Labute approximate surface area is 117 Å². The fourth-order valence-electron chi connectivity index (χ4n) is 1.40. The molecule has 2 rings (SSSR count). The summed E-state index contributed by atoms with van der Waals surface area (Å²) in [4.78, 5) is 9.79. The largest absolute Gasteiger partial charge is 0.378 e. The van der Waals surface area contributed by atoms with Gasteiger partial charge in [-0.15, -0.1) is 11.3 Å². The molecule has 6 heteroatoms. The van der Waals surface area contributed by atoms with Crippen molar-refractivity contribution >= 4 is 38.9 Å². The molecule has 3 nitrogen and oxygen atoms in total. The normalized spacial score (nSPS) is 10.8. The lowest BCUT2D eigenvalue weighted by molar-refractivity contribution is 0.181. The molecule has 2 heterocycles. The third kappa shape index (κ3) is 2.68. The summed E-state index contributed by atoms with van der Waals surface area (Å²) in [5, 5.41) is 2.43. The van der Waals surface area contributed by atoms with Gasteiger partial charge < -0.3 is 4.74 Å². The van der Waals surface area contributed by atoms with E-state index in [4.69, 9.17) is 16.3 Å². The second-order valence-electron chi connectivity index (χ2n) is 3.46. The van der Waals surface area contributed by atoms with Gasteiger partial charge in [-0.2, -0.15) is 0 Å². The maximum atomic E-state index is 6.08. The van der Waals surface area contributed by atoms with E-state index < -0.39 is 0 Å². The highest BCUT2D eigenvalue weighted by molar-refractivity contribution is 9.10. The Morgan fingerprint density at radius 1 is 1.47 bits per heavy atom. The molecule has 0 aliphatic rings. The highest BCUT2D eigenvalue weighted by atomic mass is 79.9. The van der Waals surface area contributed by atoms with Crippen LogP contribution in [0.3, 0.4) is 0 Å². The maximum absolute atomic E-state index is 6.08. The van der Waals surface area contributed by atoms with E-state index in [1.165, 1.54) is 0 Å². The van der Waals surface area contributed by atoms with E-state index in [-0.39, 0.29) is 0 Å². The molecule has 0 aromatic carbocycles. The Hall–Kier alpha value is -0.490. The smallest absolute Gasteiger partial charge is 0.171 e. The molecule has 90 valence electrons. The Balaban J connectivity index is 2.53. The molecule has 0 radical (unpaired) electrons. The van der Waals surface area contributed by atoms with E-state index in [9.17, 15) is 0 Å². The van der Waals surface area contributed by atoms with Crippen molar-refractivity contribution < 1.29 is 4.74 Å². The van der Waals surface area contributed by atoms with E-state index in [2.05, 4.69) is 25.9 Å². The van der Waals surface area contributed by atoms with Gasteiger partial charge in [-0.1, -0.05) is 11.6 Å². The van der Waals surface area contributed by atoms with Gasteiger partial charge in [0, 0.05) is 7.11 Å². The monoisotopic (exact) mass is 332 g/mol. The van der Waals surface area contributed by atoms with Crippen molar-refractivity contribution in [3.63, 3.8) is 0 Å². The molecule has 0 aliphatic carbocycles. The lowest BCUT2D eigenvalue weighted by Crippen LogP contribution is -1.99. The molecule has 0 spiro atoms. The number of nitrogens with zero attached hydrogens (tertiary/aromatic N) is 2. The third-order valence-electron chi connectivity index (χ3n) is 2.23. The van der Waals surface area contributed by atoms with Crippen LogP contribution in [0.5, 0.6) is 0 Å². The number of methoxy groups -OCH3 is 1. The first-order chi connectivity index (χ1) is 8.13. The van der Waals surface area contributed by atoms with Crippen molar-refractivity contribution in [2.45, 2.75) is 13.5 Å². The van der Waals surface area contributed by atoms with Crippen LogP contribution in [0.4, 0.5) is 0 Å². The molecule has 0 bridgehead atoms. The average molecular weight is 334 g/mol. The minimum atomic E-state index is 0.403. The van der Waals surface area contributed by atoms with Crippen LogP contribution in [0, 0.1) is 6.92 Å². The number of rotatable bonds is 3. The second-order valence-corrected chi connectivity index (χ2v) is 5.53. The van der Waals surface area contributed by atoms with Crippen molar-refractivity contribution in [2.75, 3.05) is 7.11 Å². The molecular weight excluding hydrogens is 324 g/mol. The van der Waals surface area contributed by atoms with Gasteiger partial charge in [-0.05, 0) is 39.9 Å². The first-order valence-electron chi connectivity index (χ1n) is 4.88. The van der Waals surface area contributed by atoms with Crippen molar-refractivity contribution in [3.05, 3.63) is 32.3 Å². The Kier molecular flexibility index (Phi) is 4.14. The molecule has 0 aliphatic heterocycles. The third-order valence-corrected chi connectivity index (χ3v) is 4.57. The van der Waals surface area contributed by atoms with Crippen LogP contribution in [0.2, 0.25) is 5.15 Å². The zero-order valence-electron chi connectivity index (χ0n) is 9.33. The lowest BCUT2D eigenvalue weighted by atomic mass is 10.3. The zero-order valence-corrected chi connectivity index (χ0v) is 12.5. The number of thiophene rings is 1. The van der Waals surface area contributed by atoms with E-state index in [0.717, 1.165) is 16.1 Å². The van der Waals surface area contributed by atoms with Crippen molar-refractivity contribution in [3.8, 4) is 10.7 Å². The van der Waals surface area contributed by atoms with Gasteiger partial charge in [0.2, 0.25) is 0 Å². The molecule has 0 N–H and O–H groups in total. The van der Waals surface area contributed by atoms with E-state index in [1.54, 1.807) is 18.4 Å². The number of halogens is 2. The van der Waals surface area contributed by atoms with Gasteiger partial charge in [-0.3, -0.25) is 0 Å². The molecule has 0 saturated carbocycles. The molecule has 2 aromatic heterocycles. The number of hydrogen-bond donors (Lipinski definition) is 0. The highest BCUT2D eigenvalue weighted by Crippen LogP contribution is 2.31. The number of hydrogen-bond acceptors (Lipinski definition) is 4. The summed E-state index contributed by atoms with van der Waals surface area (Å²) >= 11 is 11.0. The van der Waals surface area contributed by atoms with Crippen molar-refractivity contribution in [2.24, 2.45) is 0 Å². The van der Waals surface area contributed by atoms with Crippen LogP contribution >= 0.6 is 38.9 Å². The fraction of sp³-hybridized carbons (Fsp3) is 0.273. The summed E-state index contributed by atoms with van der Waals surface area (Å²) in [6.07, 6.45) is 0. The molecule has 0 unspecified atom stereocenters. The predicted octanol–water partition coefficient (Wildman–Crippen LogP) is 4.08. The minimum Gasteiger partial charge on any atom is -0.378 e. The van der Waals surface area contributed by atoms with Gasteiger partial charge in [-0.25, -0.2) is 9.97 Å². The molecule has 0 amide bonds. The number of aromatic nitrogens is 2. The van der Waals surface area contributed by atoms with Crippen LogP contribution in [0.1, 0.15) is 11.3 Å². The molecular formula is C11H10BrClN2OS. The van der Waals surface area contributed by atoms with Crippen LogP contribution < -0.4 is 0 Å². The van der Waals surface area contributed by atoms with Crippen LogP contribution in [-0.4, -0.2) is 17.1 Å². The summed E-state index contributed by atoms with van der Waals surface area (Å²) in [7, 11) is 1.62. The molecule has 0 fully saturated rings. The maximum Gasteiger partial charge on any atom is 0.171 e. The van der Waals surface area contributed by atoms with Gasteiger partial charge in [0.05, 0.1) is 21.7 Å². The van der Waals surface area contributed by atoms with Crippen LogP contribution in [-0.2, 0) is 11.3 Å². The van der Waals surface area contributed by atoms with E-state index >= 15 is 0 Å². The van der Waals surface area contributed by atoms with E-state index in [0.29, 0.717) is 22.1 Å². The topological polar surface area (TPSA) is 35.0 Å². The SMILES string of the molecule is COCc1nc(-c2sccc2C)nc(Cl)c1Br. The second kappa shape index (κ2) is 5.44. The summed E-state index contributed by atoms with van der Waals surface area (Å²) in [6, 6.07) is 2.04. The molecule has 2 aromatic rings. The first kappa shape index (κ1) is 13.0. The Bertz CT molecular complexity index is 544. The minimum absolute atomic E-state index is 0.403. The average Bonchev–Trinajstić information content (AvgIpc) is 2.71. The number of ether oxygens (including phenoxy) is 1. The van der Waals surface area contributed by atoms with Gasteiger partial charge in [0.1, 0.15) is 5.15 Å². The van der Waals surface area contributed by atoms with Gasteiger partial charge >= 0.3 is 0 Å². The summed E-state index contributed by atoms with van der Waals surface area (Å²) in [5.41, 5.74) is 1.91. The van der Waals surface area contributed by atoms with Crippen LogP contribution in [0.15, 0.2) is 15.9 Å². The standard InChI is InChI=1S/C11H10BrClN2OS/c1-6-3-4-17-9(6)11-14-7(5-16-2)8(12)10(13)15-11/h3-4H,5H2,1-2H3.